The third kappa shape index (κ3) is 4.19. The van der Waals surface area contributed by atoms with Gasteiger partial charge in [0.25, 0.3) is 5.56 Å². The summed E-state index contributed by atoms with van der Waals surface area (Å²) >= 11 is 0. The Morgan fingerprint density at radius 2 is 1.78 bits per heavy atom. The molecule has 1 heterocycles. The second-order valence-corrected chi connectivity index (χ2v) is 7.08. The fourth-order valence-electron chi connectivity index (χ4n) is 3.05. The summed E-state index contributed by atoms with van der Waals surface area (Å²) in [4.78, 5) is 18.1. The third-order valence-electron chi connectivity index (χ3n) is 4.43. The molecule has 0 aliphatic carbocycles. The maximum Gasteiger partial charge on any atom is 0.266 e. The fourth-order valence-corrected chi connectivity index (χ4v) is 3.05. The van der Waals surface area contributed by atoms with Crippen molar-refractivity contribution in [3.63, 3.8) is 0 Å². The first-order valence-corrected chi connectivity index (χ1v) is 9.49. The van der Waals surface area contributed by atoms with Crippen molar-refractivity contribution in [2.24, 2.45) is 5.92 Å². The molecule has 1 N–H and O–H groups in total. The predicted octanol–water partition coefficient (Wildman–Crippen LogP) is 4.09. The number of aromatic nitrogens is 2. The van der Waals surface area contributed by atoms with E-state index in [0.717, 1.165) is 23.5 Å². The first-order valence-electron chi connectivity index (χ1n) is 9.49. The van der Waals surface area contributed by atoms with Crippen LogP contribution in [0.5, 0.6) is 5.75 Å². The minimum Gasteiger partial charge on any atom is -0.494 e. The maximum atomic E-state index is 13.3. The number of para-hydroxylation sites is 1. The molecule has 0 aliphatic rings. The summed E-state index contributed by atoms with van der Waals surface area (Å²) in [5.74, 6) is 2.01. The summed E-state index contributed by atoms with van der Waals surface area (Å²) in [5, 5.41) is 4.10. The van der Waals surface area contributed by atoms with Gasteiger partial charge in [0.2, 0.25) is 0 Å². The molecular formula is C22H27N3O2. The van der Waals surface area contributed by atoms with Gasteiger partial charge in [0.15, 0.2) is 0 Å². The maximum absolute atomic E-state index is 13.3. The van der Waals surface area contributed by atoms with Crippen molar-refractivity contribution < 1.29 is 4.74 Å². The van der Waals surface area contributed by atoms with Crippen LogP contribution in [-0.4, -0.2) is 22.7 Å². The summed E-state index contributed by atoms with van der Waals surface area (Å²) < 4.78 is 7.23. The molecule has 1 unspecified atom stereocenters. The molecule has 1 aromatic heterocycles. The lowest BCUT2D eigenvalue weighted by atomic mass is 10.1. The van der Waals surface area contributed by atoms with E-state index in [1.807, 2.05) is 62.4 Å². The molecule has 0 saturated heterocycles. The molecule has 2 aromatic carbocycles. The van der Waals surface area contributed by atoms with Crippen molar-refractivity contribution in [1.82, 2.24) is 14.9 Å². The summed E-state index contributed by atoms with van der Waals surface area (Å²) in [6.07, 6.45) is 0. The van der Waals surface area contributed by atoms with Crippen LogP contribution in [0, 0.1) is 5.92 Å². The first-order chi connectivity index (χ1) is 13.0. The highest BCUT2D eigenvalue weighted by Gasteiger charge is 2.18. The first kappa shape index (κ1) is 19.1. The SMILES string of the molecule is CCOc1ccc(-n2c(C(C)NCC(C)C)nc3ccccc3c2=O)cc1. The van der Waals surface area contributed by atoms with Crippen molar-refractivity contribution in [2.45, 2.75) is 33.7 Å². The van der Waals surface area contributed by atoms with E-state index in [2.05, 4.69) is 19.2 Å². The van der Waals surface area contributed by atoms with Crippen LogP contribution in [0.3, 0.4) is 0 Å². The summed E-state index contributed by atoms with van der Waals surface area (Å²) in [6, 6.07) is 15.0. The lowest BCUT2D eigenvalue weighted by molar-refractivity contribution is 0.340. The number of fused-ring (bicyclic) bond motifs is 1. The molecular weight excluding hydrogens is 338 g/mol. The van der Waals surface area contributed by atoms with Crippen LogP contribution >= 0.6 is 0 Å². The Bertz CT molecular complexity index is 961. The number of hydrogen-bond donors (Lipinski definition) is 1. The van der Waals surface area contributed by atoms with E-state index in [0.29, 0.717) is 23.7 Å². The van der Waals surface area contributed by atoms with Crippen LogP contribution in [-0.2, 0) is 0 Å². The van der Waals surface area contributed by atoms with E-state index < -0.39 is 0 Å². The highest BCUT2D eigenvalue weighted by molar-refractivity contribution is 5.77. The zero-order chi connectivity index (χ0) is 19.4. The van der Waals surface area contributed by atoms with Crippen LogP contribution in [0.25, 0.3) is 16.6 Å². The molecule has 0 fully saturated rings. The molecule has 5 heteroatoms. The normalized spacial score (nSPS) is 12.5. The minimum atomic E-state index is -0.0590. The molecule has 1 atom stereocenters. The second kappa shape index (κ2) is 8.35. The monoisotopic (exact) mass is 365 g/mol. The topological polar surface area (TPSA) is 56.1 Å². The Labute approximate surface area is 160 Å². The molecule has 0 radical (unpaired) electrons. The van der Waals surface area contributed by atoms with Gasteiger partial charge in [0, 0.05) is 0 Å². The van der Waals surface area contributed by atoms with Crippen molar-refractivity contribution in [3.8, 4) is 11.4 Å². The number of nitrogens with one attached hydrogen (secondary N) is 1. The third-order valence-corrected chi connectivity index (χ3v) is 4.43. The summed E-state index contributed by atoms with van der Waals surface area (Å²) in [6.45, 7) is 9.78. The van der Waals surface area contributed by atoms with Crippen molar-refractivity contribution in [2.75, 3.05) is 13.2 Å². The van der Waals surface area contributed by atoms with E-state index in [-0.39, 0.29) is 11.6 Å². The van der Waals surface area contributed by atoms with Gasteiger partial charge in [-0.15, -0.1) is 0 Å². The van der Waals surface area contributed by atoms with Gasteiger partial charge in [-0.3, -0.25) is 9.36 Å². The molecule has 3 aromatic rings. The lowest BCUT2D eigenvalue weighted by Crippen LogP contribution is -2.31. The zero-order valence-electron chi connectivity index (χ0n) is 16.4. The lowest BCUT2D eigenvalue weighted by Gasteiger charge is -2.20. The Morgan fingerprint density at radius 3 is 2.44 bits per heavy atom. The van der Waals surface area contributed by atoms with Gasteiger partial charge in [-0.05, 0) is 62.7 Å². The van der Waals surface area contributed by atoms with E-state index in [4.69, 9.17) is 9.72 Å². The predicted molar refractivity (Wildman–Crippen MR) is 110 cm³/mol. The van der Waals surface area contributed by atoms with Crippen LogP contribution in [0.2, 0.25) is 0 Å². The van der Waals surface area contributed by atoms with Gasteiger partial charge in [-0.2, -0.15) is 0 Å². The largest absolute Gasteiger partial charge is 0.494 e. The molecule has 0 bridgehead atoms. The van der Waals surface area contributed by atoms with Crippen molar-refractivity contribution in [3.05, 3.63) is 64.7 Å². The van der Waals surface area contributed by atoms with Crippen LogP contribution in [0.15, 0.2) is 53.3 Å². The van der Waals surface area contributed by atoms with E-state index >= 15 is 0 Å². The Balaban J connectivity index is 2.14. The van der Waals surface area contributed by atoms with Gasteiger partial charge >= 0.3 is 0 Å². The number of rotatable bonds is 7. The number of hydrogen-bond acceptors (Lipinski definition) is 4. The molecule has 27 heavy (non-hydrogen) atoms. The van der Waals surface area contributed by atoms with Crippen molar-refractivity contribution in [1.29, 1.82) is 0 Å². The number of ether oxygens (including phenoxy) is 1. The molecule has 0 spiro atoms. The van der Waals surface area contributed by atoms with Crippen LogP contribution < -0.4 is 15.6 Å². The molecule has 0 amide bonds. The molecule has 142 valence electrons. The standard InChI is InChI=1S/C22H27N3O2/c1-5-27-18-12-10-17(11-13-18)25-21(16(4)23-14-15(2)3)24-20-9-7-6-8-19(20)22(25)26/h6-13,15-16,23H,5,14H2,1-4H3. The molecule has 5 nitrogen and oxygen atoms in total. The summed E-state index contributed by atoms with van der Waals surface area (Å²) in [7, 11) is 0. The average molecular weight is 365 g/mol. The number of benzene rings is 2. The molecule has 3 rings (SSSR count). The Morgan fingerprint density at radius 1 is 1.07 bits per heavy atom. The van der Waals surface area contributed by atoms with Crippen LogP contribution in [0.1, 0.15) is 39.6 Å². The van der Waals surface area contributed by atoms with Gasteiger partial charge in [0.05, 0.1) is 29.2 Å². The highest BCUT2D eigenvalue weighted by Crippen LogP contribution is 2.20. The smallest absolute Gasteiger partial charge is 0.266 e. The summed E-state index contributed by atoms with van der Waals surface area (Å²) in [5.41, 5.74) is 1.45. The highest BCUT2D eigenvalue weighted by atomic mass is 16.5. The van der Waals surface area contributed by atoms with E-state index in [1.54, 1.807) is 4.57 Å². The van der Waals surface area contributed by atoms with Gasteiger partial charge in [-0.25, -0.2) is 4.98 Å². The average Bonchev–Trinajstić information content (AvgIpc) is 2.67. The van der Waals surface area contributed by atoms with E-state index in [1.165, 1.54) is 0 Å². The Hall–Kier alpha value is -2.66. The van der Waals surface area contributed by atoms with Gasteiger partial charge in [0.1, 0.15) is 11.6 Å². The molecule has 0 saturated carbocycles. The zero-order valence-corrected chi connectivity index (χ0v) is 16.4. The van der Waals surface area contributed by atoms with Crippen LogP contribution in [0.4, 0.5) is 0 Å². The minimum absolute atomic E-state index is 0.0574. The molecule has 0 aliphatic heterocycles. The van der Waals surface area contributed by atoms with Crippen molar-refractivity contribution >= 4 is 10.9 Å². The fraction of sp³-hybridized carbons (Fsp3) is 0.364. The number of nitrogens with zero attached hydrogens (tertiary/aromatic N) is 2. The Kier molecular flexibility index (Phi) is 5.91. The van der Waals surface area contributed by atoms with E-state index in [9.17, 15) is 4.79 Å². The van der Waals surface area contributed by atoms with Gasteiger partial charge in [-0.1, -0.05) is 26.0 Å². The quantitative estimate of drug-likeness (QED) is 0.685. The van der Waals surface area contributed by atoms with Gasteiger partial charge < -0.3 is 10.1 Å². The second-order valence-electron chi connectivity index (χ2n) is 7.08.